The lowest BCUT2D eigenvalue weighted by atomic mass is 9.72. The molecule has 100 valence electrons. The largest absolute Gasteiger partial charge is 0.327 e. The molecule has 0 amide bonds. The molecule has 2 heterocycles. The number of nitrogens with two attached hydrogens (primary N) is 1. The molecule has 2 aliphatic rings. The molecule has 0 unspecified atom stereocenters. The standard InChI is InChI=1S/C12H18N4.C2H6/c1-16-4-2-12(3-5-16)10-8-15-14-7-9(10)6-11(12)13;1-2/h7-8,11H,2-6,13H2,1H3;1-2H3/t11-;/m1./s1. The smallest absolute Gasteiger partial charge is 0.0537 e. The summed E-state index contributed by atoms with van der Waals surface area (Å²) in [6.07, 6.45) is 7.11. The minimum absolute atomic E-state index is 0.178. The number of fused-ring (bicyclic) bond motifs is 2. The van der Waals surface area contributed by atoms with Crippen molar-refractivity contribution in [3.05, 3.63) is 23.5 Å². The number of rotatable bonds is 0. The average Bonchev–Trinajstić information content (AvgIpc) is 2.69. The van der Waals surface area contributed by atoms with Gasteiger partial charge in [-0.3, -0.25) is 0 Å². The maximum Gasteiger partial charge on any atom is 0.0537 e. The van der Waals surface area contributed by atoms with Gasteiger partial charge in [-0.2, -0.15) is 10.2 Å². The van der Waals surface area contributed by atoms with Crippen LogP contribution in [0.4, 0.5) is 0 Å². The van der Waals surface area contributed by atoms with E-state index in [4.69, 9.17) is 5.73 Å². The van der Waals surface area contributed by atoms with Gasteiger partial charge in [-0.05, 0) is 50.5 Å². The fraction of sp³-hybridized carbons (Fsp3) is 0.714. The highest BCUT2D eigenvalue weighted by atomic mass is 15.1. The summed E-state index contributed by atoms with van der Waals surface area (Å²) in [5.41, 5.74) is 9.22. The number of piperidine rings is 1. The first kappa shape index (κ1) is 13.4. The van der Waals surface area contributed by atoms with Gasteiger partial charge in [0.05, 0.1) is 12.4 Å². The van der Waals surface area contributed by atoms with E-state index in [1.54, 1.807) is 0 Å². The van der Waals surface area contributed by atoms with Crippen LogP contribution in [0.5, 0.6) is 0 Å². The monoisotopic (exact) mass is 248 g/mol. The van der Waals surface area contributed by atoms with Gasteiger partial charge in [0.15, 0.2) is 0 Å². The molecule has 0 saturated carbocycles. The van der Waals surface area contributed by atoms with E-state index >= 15 is 0 Å². The zero-order chi connectivity index (χ0) is 13.2. The second-order valence-corrected chi connectivity index (χ2v) is 5.20. The van der Waals surface area contributed by atoms with Gasteiger partial charge in [-0.1, -0.05) is 13.8 Å². The minimum atomic E-state index is 0.178. The quantitative estimate of drug-likeness (QED) is 0.753. The molecule has 4 heteroatoms. The Kier molecular flexibility index (Phi) is 3.97. The third kappa shape index (κ3) is 2.04. The number of aromatic nitrogens is 2. The molecule has 2 N–H and O–H groups in total. The van der Waals surface area contributed by atoms with E-state index in [-0.39, 0.29) is 11.5 Å². The van der Waals surface area contributed by atoms with Gasteiger partial charge in [0.1, 0.15) is 0 Å². The third-order valence-electron chi connectivity index (χ3n) is 4.38. The summed E-state index contributed by atoms with van der Waals surface area (Å²) in [5, 5.41) is 8.01. The second kappa shape index (κ2) is 5.33. The molecule has 1 fully saturated rings. The predicted octanol–water partition coefficient (Wildman–Crippen LogP) is 1.35. The molecule has 1 atom stereocenters. The molecule has 1 saturated heterocycles. The summed E-state index contributed by atoms with van der Waals surface area (Å²) in [4.78, 5) is 2.38. The van der Waals surface area contributed by atoms with E-state index in [0.717, 1.165) is 32.4 Å². The molecule has 3 rings (SSSR count). The molecule has 1 aliphatic heterocycles. The van der Waals surface area contributed by atoms with Crippen LogP contribution in [0.15, 0.2) is 12.4 Å². The topological polar surface area (TPSA) is 55.0 Å². The van der Waals surface area contributed by atoms with Crippen molar-refractivity contribution < 1.29 is 0 Å². The Balaban J connectivity index is 0.000000574. The fourth-order valence-corrected chi connectivity index (χ4v) is 3.25. The lowest BCUT2D eigenvalue weighted by molar-refractivity contribution is 0.172. The average molecular weight is 248 g/mol. The maximum absolute atomic E-state index is 6.37. The first-order valence-corrected chi connectivity index (χ1v) is 6.96. The van der Waals surface area contributed by atoms with Crippen LogP contribution < -0.4 is 5.73 Å². The summed E-state index contributed by atoms with van der Waals surface area (Å²) < 4.78 is 0. The van der Waals surface area contributed by atoms with Crippen LogP contribution in [0.25, 0.3) is 0 Å². The number of hydrogen-bond donors (Lipinski definition) is 1. The van der Waals surface area contributed by atoms with Crippen LogP contribution in [0.2, 0.25) is 0 Å². The molecule has 1 aliphatic carbocycles. The zero-order valence-electron chi connectivity index (χ0n) is 11.7. The van der Waals surface area contributed by atoms with E-state index in [0.29, 0.717) is 0 Å². The van der Waals surface area contributed by atoms with Crippen molar-refractivity contribution in [3.63, 3.8) is 0 Å². The molecular weight excluding hydrogens is 224 g/mol. The Hall–Kier alpha value is -1.00. The van der Waals surface area contributed by atoms with Crippen LogP contribution in [-0.2, 0) is 11.8 Å². The van der Waals surface area contributed by atoms with Crippen LogP contribution in [0.3, 0.4) is 0 Å². The lowest BCUT2D eigenvalue weighted by Gasteiger charge is -2.41. The Labute approximate surface area is 110 Å². The molecular formula is C14H24N4. The van der Waals surface area contributed by atoms with E-state index in [1.807, 2.05) is 26.2 Å². The summed E-state index contributed by atoms with van der Waals surface area (Å²) in [6.45, 7) is 6.27. The van der Waals surface area contributed by atoms with Crippen molar-refractivity contribution >= 4 is 0 Å². The number of likely N-dealkylation sites (tertiary alicyclic amines) is 1. The highest BCUT2D eigenvalue weighted by Gasteiger charge is 2.46. The SMILES string of the molecule is CC.CN1CCC2(CC1)c1cnncc1C[C@H]2N. The van der Waals surface area contributed by atoms with Crippen LogP contribution in [0.1, 0.15) is 37.8 Å². The molecule has 1 aromatic heterocycles. The Morgan fingerprint density at radius 2 is 1.83 bits per heavy atom. The number of hydrogen-bond acceptors (Lipinski definition) is 4. The molecule has 18 heavy (non-hydrogen) atoms. The Morgan fingerprint density at radius 1 is 1.22 bits per heavy atom. The predicted molar refractivity (Wildman–Crippen MR) is 73.5 cm³/mol. The van der Waals surface area contributed by atoms with E-state index in [9.17, 15) is 0 Å². The van der Waals surface area contributed by atoms with Crippen molar-refractivity contribution in [2.45, 2.75) is 44.6 Å². The molecule has 4 nitrogen and oxygen atoms in total. The van der Waals surface area contributed by atoms with Crippen LogP contribution in [0, 0.1) is 0 Å². The van der Waals surface area contributed by atoms with Crippen LogP contribution in [-0.4, -0.2) is 41.3 Å². The van der Waals surface area contributed by atoms with E-state index < -0.39 is 0 Å². The Morgan fingerprint density at radius 3 is 2.50 bits per heavy atom. The van der Waals surface area contributed by atoms with Crippen molar-refractivity contribution in [2.24, 2.45) is 5.73 Å². The molecule has 1 spiro atoms. The van der Waals surface area contributed by atoms with Crippen molar-refractivity contribution in [2.75, 3.05) is 20.1 Å². The number of nitrogens with zero attached hydrogens (tertiary/aromatic N) is 3. The van der Waals surface area contributed by atoms with Gasteiger partial charge in [0.25, 0.3) is 0 Å². The molecule has 0 radical (unpaired) electrons. The Bertz CT molecular complexity index is 397. The zero-order valence-corrected chi connectivity index (χ0v) is 11.7. The first-order valence-electron chi connectivity index (χ1n) is 6.96. The third-order valence-corrected chi connectivity index (χ3v) is 4.38. The minimum Gasteiger partial charge on any atom is -0.327 e. The van der Waals surface area contributed by atoms with Crippen molar-refractivity contribution in [1.82, 2.24) is 15.1 Å². The highest BCUT2D eigenvalue weighted by molar-refractivity contribution is 5.39. The van der Waals surface area contributed by atoms with Crippen molar-refractivity contribution in [3.8, 4) is 0 Å². The summed E-state index contributed by atoms with van der Waals surface area (Å²) in [6, 6.07) is 0.252. The van der Waals surface area contributed by atoms with Gasteiger partial charge < -0.3 is 10.6 Å². The molecule has 0 bridgehead atoms. The fourth-order valence-electron chi connectivity index (χ4n) is 3.25. The van der Waals surface area contributed by atoms with Gasteiger partial charge >= 0.3 is 0 Å². The van der Waals surface area contributed by atoms with Gasteiger partial charge in [0.2, 0.25) is 0 Å². The first-order chi connectivity index (χ1) is 8.72. The summed E-state index contributed by atoms with van der Waals surface area (Å²) in [7, 11) is 2.18. The second-order valence-electron chi connectivity index (χ2n) is 5.20. The lowest BCUT2D eigenvalue weighted by Crippen LogP contribution is -2.49. The normalized spacial score (nSPS) is 25.4. The van der Waals surface area contributed by atoms with Gasteiger partial charge in [0, 0.05) is 11.5 Å². The summed E-state index contributed by atoms with van der Waals surface area (Å²) >= 11 is 0. The van der Waals surface area contributed by atoms with Gasteiger partial charge in [-0.15, -0.1) is 0 Å². The van der Waals surface area contributed by atoms with E-state index in [2.05, 4.69) is 22.1 Å². The van der Waals surface area contributed by atoms with Crippen LogP contribution >= 0.6 is 0 Å². The highest BCUT2D eigenvalue weighted by Crippen LogP contribution is 2.44. The van der Waals surface area contributed by atoms with E-state index in [1.165, 1.54) is 11.1 Å². The molecule has 0 aromatic carbocycles. The van der Waals surface area contributed by atoms with Crippen molar-refractivity contribution in [1.29, 1.82) is 0 Å². The molecule has 1 aromatic rings. The van der Waals surface area contributed by atoms with Gasteiger partial charge in [-0.25, -0.2) is 0 Å². The summed E-state index contributed by atoms with van der Waals surface area (Å²) in [5.74, 6) is 0. The maximum atomic E-state index is 6.37.